The largest absolute Gasteiger partial charge is 0.456 e. The van der Waals surface area contributed by atoms with E-state index < -0.39 is 11.5 Å². The molecule has 0 aromatic rings. The molecule has 0 aliphatic carbocycles. The first-order valence-corrected chi connectivity index (χ1v) is 5.49. The van der Waals surface area contributed by atoms with E-state index in [1.807, 2.05) is 0 Å². The van der Waals surface area contributed by atoms with Gasteiger partial charge in [-0.25, -0.2) is 0 Å². The van der Waals surface area contributed by atoms with Crippen molar-refractivity contribution in [1.29, 1.82) is 0 Å². The Kier molecular flexibility index (Phi) is 5.65. The maximum absolute atomic E-state index is 11.7. The van der Waals surface area contributed by atoms with Crippen LogP contribution in [0.1, 0.15) is 27.7 Å². The van der Waals surface area contributed by atoms with Gasteiger partial charge in [0.05, 0.1) is 11.5 Å². The number of rotatable bonds is 5. The molecule has 1 amide bonds. The van der Waals surface area contributed by atoms with Crippen LogP contribution in [-0.4, -0.2) is 24.0 Å². The van der Waals surface area contributed by atoms with Gasteiger partial charge in [-0.3, -0.25) is 9.59 Å². The molecule has 0 saturated heterocycles. The van der Waals surface area contributed by atoms with E-state index in [4.69, 9.17) is 4.74 Å². The molecule has 0 saturated carbocycles. The monoisotopic (exact) mass is 239 g/mol. The highest BCUT2D eigenvalue weighted by atomic mass is 16.5. The van der Waals surface area contributed by atoms with Crippen molar-refractivity contribution in [3.63, 3.8) is 0 Å². The minimum atomic E-state index is -0.580. The fourth-order valence-electron chi connectivity index (χ4n) is 1.02. The Morgan fingerprint density at radius 2 is 1.82 bits per heavy atom. The number of carbonyl (C=O) groups is 2. The summed E-state index contributed by atoms with van der Waals surface area (Å²) in [4.78, 5) is 22.8. The van der Waals surface area contributed by atoms with Crippen molar-refractivity contribution in [2.45, 2.75) is 39.8 Å². The summed E-state index contributed by atoms with van der Waals surface area (Å²) in [5, 5.41) is 2.63. The number of nitrogens with one attached hydrogen (secondary N) is 1. The van der Waals surface area contributed by atoms with E-state index in [0.29, 0.717) is 0 Å². The molecule has 0 unspecified atom stereocenters. The van der Waals surface area contributed by atoms with Gasteiger partial charge in [-0.15, -0.1) is 0 Å². The van der Waals surface area contributed by atoms with Crippen LogP contribution in [0.3, 0.4) is 0 Å². The van der Waals surface area contributed by atoms with Crippen LogP contribution >= 0.6 is 0 Å². The quantitative estimate of drug-likeness (QED) is 0.452. The third-order valence-electron chi connectivity index (χ3n) is 2.14. The molecule has 0 aliphatic rings. The number of carbonyl (C=O) groups excluding carboxylic acids is 2. The first kappa shape index (κ1) is 15.4. The lowest BCUT2D eigenvalue weighted by atomic mass is 9.97. The number of amides is 1. The summed E-state index contributed by atoms with van der Waals surface area (Å²) in [5.74, 6) is -0.641. The van der Waals surface area contributed by atoms with E-state index in [0.717, 1.165) is 0 Å². The third kappa shape index (κ3) is 5.33. The Hall–Kier alpha value is -1.58. The van der Waals surface area contributed by atoms with E-state index >= 15 is 0 Å². The number of ether oxygens (including phenoxy) is 1. The Labute approximate surface area is 103 Å². The summed E-state index contributed by atoms with van der Waals surface area (Å²) in [6.07, 6.45) is 2.12. The van der Waals surface area contributed by atoms with E-state index in [1.165, 1.54) is 12.2 Å². The van der Waals surface area contributed by atoms with Gasteiger partial charge in [-0.1, -0.05) is 13.2 Å². The molecule has 2 atom stereocenters. The molecule has 0 aromatic carbocycles. The Morgan fingerprint density at radius 3 is 2.18 bits per heavy atom. The summed E-state index contributed by atoms with van der Waals surface area (Å²) in [6, 6.07) is -0.343. The molecule has 0 fully saturated rings. The van der Waals surface area contributed by atoms with Crippen molar-refractivity contribution in [2.75, 3.05) is 0 Å². The number of esters is 1. The van der Waals surface area contributed by atoms with Crippen LogP contribution in [0.5, 0.6) is 0 Å². The average molecular weight is 239 g/mol. The summed E-state index contributed by atoms with van der Waals surface area (Å²) >= 11 is 0. The fourth-order valence-corrected chi connectivity index (χ4v) is 1.02. The lowest BCUT2D eigenvalue weighted by Gasteiger charge is -2.25. The van der Waals surface area contributed by atoms with Crippen LogP contribution in [0.15, 0.2) is 25.3 Å². The molecular formula is C13H21NO3. The highest BCUT2D eigenvalue weighted by molar-refractivity contribution is 5.87. The van der Waals surface area contributed by atoms with Crippen LogP contribution in [0, 0.1) is 5.41 Å². The van der Waals surface area contributed by atoms with Crippen LogP contribution < -0.4 is 5.32 Å². The Morgan fingerprint density at radius 1 is 1.29 bits per heavy atom. The number of hydrogen-bond donors (Lipinski definition) is 1. The van der Waals surface area contributed by atoms with Gasteiger partial charge in [0.2, 0.25) is 5.91 Å². The predicted octanol–water partition coefficient (Wildman–Crippen LogP) is 1.82. The lowest BCUT2D eigenvalue weighted by Crippen LogP contribution is -2.43. The van der Waals surface area contributed by atoms with Crippen LogP contribution in [0.4, 0.5) is 0 Å². The lowest BCUT2D eigenvalue weighted by molar-refractivity contribution is -0.157. The van der Waals surface area contributed by atoms with Crippen molar-refractivity contribution in [2.24, 2.45) is 5.41 Å². The van der Waals surface area contributed by atoms with Crippen LogP contribution in [0.25, 0.3) is 0 Å². The molecular weight excluding hydrogens is 218 g/mol. The maximum atomic E-state index is 11.7. The van der Waals surface area contributed by atoms with Gasteiger partial charge in [0.15, 0.2) is 0 Å². The van der Waals surface area contributed by atoms with Gasteiger partial charge in [-0.2, -0.15) is 0 Å². The fraction of sp³-hybridized carbons (Fsp3) is 0.538. The third-order valence-corrected chi connectivity index (χ3v) is 2.14. The SMILES string of the molecule is C=CC(=O)N[C@@H](C)[C@@H](C=C)OC(=O)C(C)(C)C. The standard InChI is InChI=1S/C13H21NO3/c1-7-10(9(3)14-11(15)8-2)17-12(16)13(4,5)6/h7-10H,1-2H2,3-6H3,(H,14,15)/t9-,10+/m0/s1. The molecule has 0 spiro atoms. The smallest absolute Gasteiger partial charge is 0.311 e. The highest BCUT2D eigenvalue weighted by Gasteiger charge is 2.27. The zero-order valence-electron chi connectivity index (χ0n) is 10.9. The first-order valence-electron chi connectivity index (χ1n) is 5.49. The minimum Gasteiger partial charge on any atom is -0.456 e. The van der Waals surface area contributed by atoms with Crippen LogP contribution in [0.2, 0.25) is 0 Å². The van der Waals surface area contributed by atoms with Crippen molar-refractivity contribution >= 4 is 11.9 Å². The molecule has 4 nitrogen and oxygen atoms in total. The molecule has 0 aliphatic heterocycles. The summed E-state index contributed by atoms with van der Waals surface area (Å²) < 4.78 is 5.27. The second kappa shape index (κ2) is 6.23. The molecule has 96 valence electrons. The molecule has 17 heavy (non-hydrogen) atoms. The minimum absolute atomic E-state index is 0.309. The topological polar surface area (TPSA) is 55.4 Å². The predicted molar refractivity (Wildman–Crippen MR) is 67.3 cm³/mol. The van der Waals surface area contributed by atoms with Crippen molar-refractivity contribution < 1.29 is 14.3 Å². The van der Waals surface area contributed by atoms with Crippen LogP contribution in [-0.2, 0) is 14.3 Å². The van der Waals surface area contributed by atoms with Crippen molar-refractivity contribution in [1.82, 2.24) is 5.32 Å². The molecule has 0 heterocycles. The Bertz CT molecular complexity index is 315. The molecule has 1 N–H and O–H groups in total. The van der Waals surface area contributed by atoms with Gasteiger partial charge < -0.3 is 10.1 Å². The molecule has 0 rings (SSSR count). The van der Waals surface area contributed by atoms with E-state index in [-0.39, 0.29) is 17.9 Å². The van der Waals surface area contributed by atoms with E-state index in [1.54, 1.807) is 27.7 Å². The van der Waals surface area contributed by atoms with E-state index in [2.05, 4.69) is 18.5 Å². The summed E-state index contributed by atoms with van der Waals surface area (Å²) in [7, 11) is 0. The second-order valence-corrected chi connectivity index (χ2v) is 4.86. The second-order valence-electron chi connectivity index (χ2n) is 4.86. The molecule has 0 aromatic heterocycles. The van der Waals surface area contributed by atoms with Gasteiger partial charge in [-0.05, 0) is 39.8 Å². The molecule has 4 heteroatoms. The van der Waals surface area contributed by atoms with Crippen molar-refractivity contribution in [3.05, 3.63) is 25.3 Å². The highest BCUT2D eigenvalue weighted by Crippen LogP contribution is 2.17. The van der Waals surface area contributed by atoms with Gasteiger partial charge in [0, 0.05) is 0 Å². The van der Waals surface area contributed by atoms with Gasteiger partial charge in [0.1, 0.15) is 6.10 Å². The first-order chi connectivity index (χ1) is 7.72. The van der Waals surface area contributed by atoms with Gasteiger partial charge >= 0.3 is 5.97 Å². The maximum Gasteiger partial charge on any atom is 0.311 e. The van der Waals surface area contributed by atoms with E-state index in [9.17, 15) is 9.59 Å². The summed E-state index contributed by atoms with van der Waals surface area (Å²) in [6.45, 7) is 14.0. The number of hydrogen-bond acceptors (Lipinski definition) is 3. The van der Waals surface area contributed by atoms with Gasteiger partial charge in [0.25, 0.3) is 0 Å². The normalized spacial score (nSPS) is 14.4. The summed E-state index contributed by atoms with van der Waals surface area (Å²) in [5.41, 5.74) is -0.580. The average Bonchev–Trinajstić information content (AvgIpc) is 2.23. The molecule has 0 radical (unpaired) electrons. The zero-order valence-corrected chi connectivity index (χ0v) is 10.9. The molecule has 0 bridgehead atoms. The zero-order chi connectivity index (χ0) is 13.6. The van der Waals surface area contributed by atoms with Crippen molar-refractivity contribution in [3.8, 4) is 0 Å². The Balaban J connectivity index is 4.53.